The van der Waals surface area contributed by atoms with Gasteiger partial charge in [-0.2, -0.15) is 0 Å². The summed E-state index contributed by atoms with van der Waals surface area (Å²) in [7, 11) is 0. The molecular formula is C9H14O2. The molecule has 2 aliphatic carbocycles. The molecule has 2 unspecified atom stereocenters. The SMILES string of the molecule is CC1(C2CCC2)CC1C(=O)O. The van der Waals surface area contributed by atoms with E-state index in [0.717, 1.165) is 12.3 Å². The highest BCUT2D eigenvalue weighted by Gasteiger charge is 2.59. The molecule has 1 N–H and O–H groups in total. The zero-order chi connectivity index (χ0) is 8.06. The third kappa shape index (κ3) is 0.883. The highest BCUT2D eigenvalue weighted by molar-refractivity contribution is 5.74. The predicted octanol–water partition coefficient (Wildman–Crippen LogP) is 1.90. The highest BCUT2D eigenvalue weighted by Crippen LogP contribution is 2.62. The summed E-state index contributed by atoms with van der Waals surface area (Å²) in [5.41, 5.74) is 0.185. The van der Waals surface area contributed by atoms with Crippen molar-refractivity contribution in [1.82, 2.24) is 0 Å². The van der Waals surface area contributed by atoms with E-state index in [1.165, 1.54) is 19.3 Å². The topological polar surface area (TPSA) is 37.3 Å². The van der Waals surface area contributed by atoms with Crippen molar-refractivity contribution in [2.45, 2.75) is 32.6 Å². The standard InChI is InChI=1S/C9H14O2/c1-9(6-3-2-4-6)5-7(9)8(10)11/h6-7H,2-5H2,1H3,(H,10,11). The Kier molecular flexibility index (Phi) is 1.29. The Morgan fingerprint density at radius 2 is 2.18 bits per heavy atom. The maximum absolute atomic E-state index is 10.6. The molecule has 0 amide bonds. The number of rotatable bonds is 2. The van der Waals surface area contributed by atoms with Crippen molar-refractivity contribution in [3.63, 3.8) is 0 Å². The maximum Gasteiger partial charge on any atom is 0.307 e. The van der Waals surface area contributed by atoms with Gasteiger partial charge in [0, 0.05) is 0 Å². The molecule has 2 heteroatoms. The number of carboxylic acids is 1. The minimum atomic E-state index is -0.584. The minimum Gasteiger partial charge on any atom is -0.481 e. The first-order valence-corrected chi connectivity index (χ1v) is 4.37. The van der Waals surface area contributed by atoms with E-state index in [4.69, 9.17) is 5.11 Å². The molecule has 0 saturated heterocycles. The van der Waals surface area contributed by atoms with Gasteiger partial charge in [0.1, 0.15) is 0 Å². The molecule has 62 valence electrons. The Hall–Kier alpha value is -0.530. The van der Waals surface area contributed by atoms with Gasteiger partial charge in [0.15, 0.2) is 0 Å². The summed E-state index contributed by atoms with van der Waals surface area (Å²) in [6.45, 7) is 2.13. The second kappa shape index (κ2) is 1.99. The van der Waals surface area contributed by atoms with Crippen LogP contribution in [0.2, 0.25) is 0 Å². The quantitative estimate of drug-likeness (QED) is 0.659. The van der Waals surface area contributed by atoms with E-state index in [-0.39, 0.29) is 11.3 Å². The van der Waals surface area contributed by atoms with E-state index in [1.54, 1.807) is 0 Å². The molecule has 11 heavy (non-hydrogen) atoms. The van der Waals surface area contributed by atoms with Crippen LogP contribution in [0.3, 0.4) is 0 Å². The first kappa shape index (κ1) is 7.14. The first-order chi connectivity index (χ1) is 5.14. The van der Waals surface area contributed by atoms with E-state index >= 15 is 0 Å². The average molecular weight is 154 g/mol. The van der Waals surface area contributed by atoms with Gasteiger partial charge in [-0.1, -0.05) is 13.3 Å². The van der Waals surface area contributed by atoms with Crippen molar-refractivity contribution >= 4 is 5.97 Å². The number of aliphatic carboxylic acids is 1. The zero-order valence-corrected chi connectivity index (χ0v) is 6.84. The van der Waals surface area contributed by atoms with Gasteiger partial charge in [-0.15, -0.1) is 0 Å². The molecule has 0 aromatic rings. The van der Waals surface area contributed by atoms with Gasteiger partial charge >= 0.3 is 5.97 Å². The molecule has 0 aromatic carbocycles. The van der Waals surface area contributed by atoms with Crippen molar-refractivity contribution in [3.05, 3.63) is 0 Å². The molecule has 0 heterocycles. The number of carbonyl (C=O) groups is 1. The van der Waals surface area contributed by atoms with E-state index in [0.29, 0.717) is 0 Å². The third-order valence-electron chi connectivity index (χ3n) is 3.62. The molecule has 0 aromatic heterocycles. The molecule has 2 aliphatic rings. The molecule has 2 nitrogen and oxygen atoms in total. The summed E-state index contributed by atoms with van der Waals surface area (Å²) in [6, 6.07) is 0. The van der Waals surface area contributed by atoms with Crippen molar-refractivity contribution in [1.29, 1.82) is 0 Å². The predicted molar refractivity (Wildman–Crippen MR) is 41.2 cm³/mol. The Bertz CT molecular complexity index is 196. The van der Waals surface area contributed by atoms with E-state index in [1.807, 2.05) is 0 Å². The Balaban J connectivity index is 1.99. The largest absolute Gasteiger partial charge is 0.481 e. The summed E-state index contributed by atoms with van der Waals surface area (Å²) in [5.74, 6) is 0.121. The fourth-order valence-electron chi connectivity index (χ4n) is 2.27. The molecule has 2 saturated carbocycles. The summed E-state index contributed by atoms with van der Waals surface area (Å²) >= 11 is 0. The van der Waals surface area contributed by atoms with Crippen LogP contribution < -0.4 is 0 Å². The lowest BCUT2D eigenvalue weighted by Gasteiger charge is -2.32. The Morgan fingerprint density at radius 3 is 2.45 bits per heavy atom. The molecule has 0 spiro atoms. The average Bonchev–Trinajstić information content (AvgIpc) is 2.37. The summed E-state index contributed by atoms with van der Waals surface area (Å²) in [6.07, 6.45) is 4.76. The van der Waals surface area contributed by atoms with Crippen LogP contribution in [0, 0.1) is 17.3 Å². The van der Waals surface area contributed by atoms with Crippen LogP contribution in [-0.2, 0) is 4.79 Å². The van der Waals surface area contributed by atoms with E-state index in [2.05, 4.69) is 6.92 Å². The lowest BCUT2D eigenvalue weighted by Crippen LogP contribution is -2.24. The third-order valence-corrected chi connectivity index (χ3v) is 3.62. The van der Waals surface area contributed by atoms with Gasteiger partial charge in [-0.05, 0) is 30.6 Å². The molecule has 0 radical (unpaired) electrons. The summed E-state index contributed by atoms with van der Waals surface area (Å²) < 4.78 is 0. The first-order valence-electron chi connectivity index (χ1n) is 4.37. The number of hydrogen-bond acceptors (Lipinski definition) is 1. The molecule has 0 bridgehead atoms. The van der Waals surface area contributed by atoms with Crippen LogP contribution in [0.5, 0.6) is 0 Å². The summed E-state index contributed by atoms with van der Waals surface area (Å²) in [4.78, 5) is 10.6. The van der Waals surface area contributed by atoms with E-state index in [9.17, 15) is 4.79 Å². The van der Waals surface area contributed by atoms with Crippen LogP contribution in [-0.4, -0.2) is 11.1 Å². The van der Waals surface area contributed by atoms with Gasteiger partial charge in [0.05, 0.1) is 5.92 Å². The van der Waals surface area contributed by atoms with Gasteiger partial charge in [0.25, 0.3) is 0 Å². The fourth-order valence-corrected chi connectivity index (χ4v) is 2.27. The fraction of sp³-hybridized carbons (Fsp3) is 0.889. The smallest absolute Gasteiger partial charge is 0.307 e. The van der Waals surface area contributed by atoms with Crippen molar-refractivity contribution < 1.29 is 9.90 Å². The monoisotopic (exact) mass is 154 g/mol. The van der Waals surface area contributed by atoms with Crippen LogP contribution in [0.4, 0.5) is 0 Å². The lowest BCUT2D eigenvalue weighted by atomic mass is 9.73. The maximum atomic E-state index is 10.6. The molecule has 2 atom stereocenters. The minimum absolute atomic E-state index is 0.0206. The lowest BCUT2D eigenvalue weighted by molar-refractivity contribution is -0.139. The Labute approximate surface area is 66.6 Å². The normalized spacial score (nSPS) is 43.2. The second-order valence-corrected chi connectivity index (χ2v) is 4.23. The van der Waals surface area contributed by atoms with Crippen molar-refractivity contribution in [2.75, 3.05) is 0 Å². The van der Waals surface area contributed by atoms with Crippen molar-refractivity contribution in [2.24, 2.45) is 17.3 Å². The second-order valence-electron chi connectivity index (χ2n) is 4.23. The number of hydrogen-bond donors (Lipinski definition) is 1. The van der Waals surface area contributed by atoms with Gasteiger partial charge in [0.2, 0.25) is 0 Å². The zero-order valence-electron chi connectivity index (χ0n) is 6.84. The molecule has 0 aliphatic heterocycles. The van der Waals surface area contributed by atoms with Gasteiger partial charge in [-0.3, -0.25) is 4.79 Å². The van der Waals surface area contributed by atoms with Gasteiger partial charge in [-0.25, -0.2) is 0 Å². The van der Waals surface area contributed by atoms with Gasteiger partial charge < -0.3 is 5.11 Å². The van der Waals surface area contributed by atoms with Crippen LogP contribution >= 0.6 is 0 Å². The van der Waals surface area contributed by atoms with Crippen LogP contribution in [0.15, 0.2) is 0 Å². The molecular weight excluding hydrogens is 140 g/mol. The Morgan fingerprint density at radius 1 is 1.55 bits per heavy atom. The summed E-state index contributed by atoms with van der Waals surface area (Å²) in [5, 5.41) is 8.76. The molecule has 2 rings (SSSR count). The van der Waals surface area contributed by atoms with Crippen LogP contribution in [0.1, 0.15) is 32.6 Å². The van der Waals surface area contributed by atoms with Crippen LogP contribution in [0.25, 0.3) is 0 Å². The van der Waals surface area contributed by atoms with E-state index < -0.39 is 5.97 Å². The molecule has 2 fully saturated rings. The number of carboxylic acid groups (broad SMARTS) is 1. The van der Waals surface area contributed by atoms with Crippen molar-refractivity contribution in [3.8, 4) is 0 Å². The highest BCUT2D eigenvalue weighted by atomic mass is 16.4.